The summed E-state index contributed by atoms with van der Waals surface area (Å²) >= 11 is 0. The van der Waals surface area contributed by atoms with E-state index in [-0.39, 0.29) is 90.9 Å². The molecule has 7 amide bonds. The minimum Gasteiger partial charge on any atom is -0.383 e. The molecule has 5 aromatic rings. The number of anilines is 3. The van der Waals surface area contributed by atoms with Crippen molar-refractivity contribution in [2.75, 3.05) is 48.7 Å². The summed E-state index contributed by atoms with van der Waals surface area (Å²) in [4.78, 5) is 104. The second-order valence-electron chi connectivity index (χ2n) is 18.9. The highest BCUT2D eigenvalue weighted by atomic mass is 19.4. The van der Waals surface area contributed by atoms with Crippen molar-refractivity contribution in [1.29, 1.82) is 0 Å². The number of nitrogen functional groups attached to an aromatic ring is 1. The van der Waals surface area contributed by atoms with Gasteiger partial charge in [0.15, 0.2) is 0 Å². The molecule has 22 heteroatoms. The molecule has 4 atom stereocenters. The van der Waals surface area contributed by atoms with Crippen molar-refractivity contribution in [2.45, 2.75) is 88.2 Å². The predicted molar refractivity (Wildman–Crippen MR) is 259 cm³/mol. The zero-order valence-corrected chi connectivity index (χ0v) is 39.3. The molecule has 2 bridgehead atoms. The van der Waals surface area contributed by atoms with E-state index in [1.165, 1.54) is 4.90 Å². The van der Waals surface area contributed by atoms with Crippen LogP contribution in [0.15, 0.2) is 73.1 Å². The molecule has 1 unspecified atom stereocenters. The van der Waals surface area contributed by atoms with Crippen LogP contribution < -0.4 is 26.6 Å². The Morgan fingerprint density at radius 2 is 1.70 bits per heavy atom. The maximum atomic E-state index is 13.8. The summed E-state index contributed by atoms with van der Waals surface area (Å²) in [6.45, 7) is 0.824. The third kappa shape index (κ3) is 9.98. The fourth-order valence-electron chi connectivity index (χ4n) is 10.4. The van der Waals surface area contributed by atoms with Gasteiger partial charge in [0.25, 0.3) is 17.7 Å². The molecular formula is C51H50F3N11O8. The predicted octanol–water partition coefficient (Wildman–Crippen LogP) is 5.28. The van der Waals surface area contributed by atoms with Crippen LogP contribution in [0.4, 0.5) is 30.5 Å². The third-order valence-electron chi connectivity index (χ3n) is 14.0. The molecule has 0 spiro atoms. The summed E-state index contributed by atoms with van der Waals surface area (Å²) in [5.74, 6) is -3.60. The number of nitrogens with one attached hydrogen (secondary N) is 3. The van der Waals surface area contributed by atoms with E-state index in [9.17, 15) is 46.7 Å². The van der Waals surface area contributed by atoms with Crippen LogP contribution in [0.5, 0.6) is 0 Å². The van der Waals surface area contributed by atoms with E-state index in [4.69, 9.17) is 15.6 Å². The number of imide groups is 2. The average Bonchev–Trinajstić information content (AvgIpc) is 4.09. The van der Waals surface area contributed by atoms with E-state index < -0.39 is 47.3 Å². The Balaban J connectivity index is 0.803. The molecule has 2 saturated heterocycles. The van der Waals surface area contributed by atoms with E-state index in [2.05, 4.69) is 25.9 Å². The number of allylic oxidation sites excluding steroid dienone is 1. The Labute approximate surface area is 415 Å². The zero-order valence-electron chi connectivity index (χ0n) is 39.3. The van der Waals surface area contributed by atoms with E-state index >= 15 is 0 Å². The fraction of sp³-hybridized carbons (Fsp3) is 0.373. The average molecular weight is 1000 g/mol. The Morgan fingerprint density at radius 3 is 2.49 bits per heavy atom. The minimum atomic E-state index is -4.60. The number of hydrogen-bond donors (Lipinski definition) is 4. The number of pyridine rings is 2. The first kappa shape index (κ1) is 48.6. The monoisotopic (exact) mass is 1000 g/mol. The highest BCUT2D eigenvalue weighted by molar-refractivity contribution is 6.23. The van der Waals surface area contributed by atoms with Gasteiger partial charge in [0, 0.05) is 66.9 Å². The number of carbonyl (C=O) groups is 7. The molecule has 73 heavy (non-hydrogen) atoms. The second kappa shape index (κ2) is 19.9. The topological polar surface area (TPSA) is 244 Å². The number of nitrogens with zero attached hydrogens (tertiary/aromatic N) is 7. The Morgan fingerprint density at radius 1 is 0.890 bits per heavy atom. The van der Waals surface area contributed by atoms with Crippen LogP contribution in [0.25, 0.3) is 28.2 Å². The lowest BCUT2D eigenvalue weighted by Crippen LogP contribution is -2.54. The molecule has 5 N–H and O–H groups in total. The number of benzene rings is 2. The van der Waals surface area contributed by atoms with Gasteiger partial charge in [-0.05, 0) is 93.8 Å². The summed E-state index contributed by atoms with van der Waals surface area (Å²) in [6.07, 6.45) is 6.16. The molecule has 3 aromatic heterocycles. The standard InChI is InChI=1S/C51H50F3N11O8/c52-51(53,54)31-16-18-56-39(21-31)59-47(69)29-10-8-28(9-11-29)44-43-45-30(24-57-46(43)55)5-2-1-3-19-63(26-41(67)58-32-6-4-7-34(22-32)65(45)61-44)42(68)27-73-35-17-20-62(25-35)33-12-13-36-37(23-33)50(72)64(49(36)71)38-14-15-40(66)60-48(38)70/h2,5,8-13,16,18,21,23-24,32,34-35,38H,1,3-4,6-7,14-15,17,19-20,22,25-27H2,(H2,55,57)(H,58,67)(H,56,59,69)(H,60,66,70)/b5-2+/t32-,34-,35-,38?/m1/s1. The van der Waals surface area contributed by atoms with Crippen molar-refractivity contribution in [1.82, 2.24) is 40.2 Å². The number of aromatic nitrogens is 4. The van der Waals surface area contributed by atoms with Crippen molar-refractivity contribution in [3.05, 3.63) is 101 Å². The van der Waals surface area contributed by atoms with Crippen LogP contribution >= 0.6 is 0 Å². The SMILES string of the molecule is Nc1ncc2c3c1c(-c1ccc(C(=O)Nc4cc(C(F)(F)F)ccn4)cc1)nn3[C@@H]1CCC[C@H](C1)NC(=O)CN(C(=O)CO[C@@H]1CCN(c3ccc4c(c3)C(=O)N(C3CCC(=O)NC3=O)C4=O)C1)CCC/C=C/2. The number of amides is 7. The quantitative estimate of drug-likeness (QED) is 0.145. The molecule has 19 nitrogen and oxygen atoms in total. The molecule has 7 heterocycles. The minimum absolute atomic E-state index is 0.0224. The lowest BCUT2D eigenvalue weighted by atomic mass is 9.90. The number of fused-ring (bicyclic) bond motifs is 4. The first-order valence-corrected chi connectivity index (χ1v) is 24.2. The van der Waals surface area contributed by atoms with Crippen LogP contribution in [0.2, 0.25) is 0 Å². The van der Waals surface area contributed by atoms with Crippen molar-refractivity contribution < 1.29 is 51.5 Å². The molecule has 5 aliphatic rings. The van der Waals surface area contributed by atoms with E-state index in [1.807, 2.05) is 21.7 Å². The van der Waals surface area contributed by atoms with Crippen molar-refractivity contribution >= 4 is 75.7 Å². The lowest BCUT2D eigenvalue weighted by Gasteiger charge is -2.31. The molecule has 1 saturated carbocycles. The third-order valence-corrected chi connectivity index (χ3v) is 14.0. The summed E-state index contributed by atoms with van der Waals surface area (Å²) < 4.78 is 47.9. The number of alkyl halides is 3. The Kier molecular flexibility index (Phi) is 13.2. The van der Waals surface area contributed by atoms with Crippen LogP contribution in [0.3, 0.4) is 0 Å². The highest BCUT2D eigenvalue weighted by Gasteiger charge is 2.45. The number of ether oxygens (including phenoxy) is 1. The summed E-state index contributed by atoms with van der Waals surface area (Å²) in [5.41, 5.74) is 9.53. The number of carbonyl (C=O) groups excluding carboxylic acids is 7. The van der Waals surface area contributed by atoms with Gasteiger partial charge in [-0.3, -0.25) is 48.5 Å². The highest BCUT2D eigenvalue weighted by Crippen LogP contribution is 2.40. The van der Waals surface area contributed by atoms with Crippen LogP contribution in [-0.4, -0.2) is 122 Å². The number of halogens is 3. The Hall–Kier alpha value is -8.01. The number of piperidine rings is 1. The van der Waals surface area contributed by atoms with Crippen LogP contribution in [-0.2, 0) is 30.1 Å². The summed E-state index contributed by atoms with van der Waals surface area (Å²) in [7, 11) is 0. The van der Waals surface area contributed by atoms with Gasteiger partial charge in [-0.1, -0.05) is 24.3 Å². The van der Waals surface area contributed by atoms with Gasteiger partial charge in [-0.15, -0.1) is 0 Å². The summed E-state index contributed by atoms with van der Waals surface area (Å²) in [5, 5.41) is 13.5. The van der Waals surface area contributed by atoms with E-state index in [0.717, 1.165) is 47.2 Å². The smallest absolute Gasteiger partial charge is 0.383 e. The molecular weight excluding hydrogens is 952 g/mol. The number of rotatable bonds is 8. The molecule has 3 fully saturated rings. The number of hydrogen-bond acceptors (Lipinski definition) is 13. The van der Waals surface area contributed by atoms with Gasteiger partial charge in [-0.2, -0.15) is 18.3 Å². The van der Waals surface area contributed by atoms with E-state index in [1.54, 1.807) is 48.7 Å². The normalized spacial score (nSPS) is 22.1. The lowest BCUT2D eigenvalue weighted by molar-refractivity contribution is -0.141. The van der Waals surface area contributed by atoms with Gasteiger partial charge in [0.1, 0.15) is 30.0 Å². The maximum Gasteiger partial charge on any atom is 0.416 e. The van der Waals surface area contributed by atoms with Crippen LogP contribution in [0.1, 0.15) is 106 Å². The van der Waals surface area contributed by atoms with Gasteiger partial charge < -0.3 is 30.9 Å². The number of nitrogens with two attached hydrogens (primary N) is 1. The Bertz CT molecular complexity index is 3100. The molecule has 2 aromatic carbocycles. The van der Waals surface area contributed by atoms with Gasteiger partial charge in [-0.25, -0.2) is 9.97 Å². The van der Waals surface area contributed by atoms with Gasteiger partial charge >= 0.3 is 6.18 Å². The van der Waals surface area contributed by atoms with Crippen molar-refractivity contribution in [3.63, 3.8) is 0 Å². The molecule has 0 radical (unpaired) electrons. The molecule has 10 rings (SSSR count). The van der Waals surface area contributed by atoms with Crippen molar-refractivity contribution in [2.24, 2.45) is 0 Å². The van der Waals surface area contributed by atoms with Gasteiger partial charge in [0.2, 0.25) is 23.6 Å². The molecule has 1 aliphatic carbocycles. The maximum absolute atomic E-state index is 13.8. The second-order valence-corrected chi connectivity index (χ2v) is 18.9. The molecule has 378 valence electrons. The molecule has 4 aliphatic heterocycles. The first-order chi connectivity index (χ1) is 35.1. The summed E-state index contributed by atoms with van der Waals surface area (Å²) in [6, 6.07) is 11.5. The van der Waals surface area contributed by atoms with Gasteiger partial charge in [0.05, 0.1) is 46.3 Å². The zero-order chi connectivity index (χ0) is 51.1. The van der Waals surface area contributed by atoms with E-state index in [0.29, 0.717) is 67.5 Å². The largest absolute Gasteiger partial charge is 0.416 e. The van der Waals surface area contributed by atoms with Crippen molar-refractivity contribution in [3.8, 4) is 11.3 Å². The first-order valence-electron chi connectivity index (χ1n) is 24.2. The fourth-order valence-corrected chi connectivity index (χ4v) is 10.4. The van der Waals surface area contributed by atoms with Crippen LogP contribution in [0, 0.1) is 0 Å².